The van der Waals surface area contributed by atoms with Gasteiger partial charge < -0.3 is 4.90 Å². The van der Waals surface area contributed by atoms with Crippen molar-refractivity contribution in [2.75, 3.05) is 4.90 Å². The molecular formula is C67H49N. The van der Waals surface area contributed by atoms with Gasteiger partial charge in [0, 0.05) is 27.8 Å². The summed E-state index contributed by atoms with van der Waals surface area (Å²) in [6.45, 7) is 9.48. The van der Waals surface area contributed by atoms with E-state index in [1.54, 1.807) is 0 Å². The lowest BCUT2D eigenvalue weighted by molar-refractivity contribution is 0.660. The molecule has 0 aromatic heterocycles. The second kappa shape index (κ2) is 14.0. The molecule has 0 fully saturated rings. The van der Waals surface area contributed by atoms with Crippen LogP contribution in [0.25, 0.3) is 66.8 Å². The first kappa shape index (κ1) is 39.2. The summed E-state index contributed by atoms with van der Waals surface area (Å²) in [5.74, 6) is 0. The molecule has 4 aliphatic rings. The van der Waals surface area contributed by atoms with Gasteiger partial charge in [0.1, 0.15) is 0 Å². The normalized spacial score (nSPS) is 15.1. The molecule has 0 amide bonds. The maximum absolute atomic E-state index is 2.54. The molecule has 1 spiro atoms. The first-order valence-electron chi connectivity index (χ1n) is 24.2. The van der Waals surface area contributed by atoms with E-state index in [4.69, 9.17) is 0 Å². The predicted octanol–water partition coefficient (Wildman–Crippen LogP) is 17.4. The minimum atomic E-state index is -0.450. The quantitative estimate of drug-likeness (QED) is 0.167. The summed E-state index contributed by atoms with van der Waals surface area (Å²) in [5.41, 5.74) is 29.1. The van der Waals surface area contributed by atoms with E-state index in [0.29, 0.717) is 0 Å². The lowest BCUT2D eigenvalue weighted by Gasteiger charge is -2.32. The molecule has 0 N–H and O–H groups in total. The molecule has 0 bridgehead atoms. The Morgan fingerprint density at radius 2 is 0.618 bits per heavy atom. The highest BCUT2D eigenvalue weighted by Gasteiger charge is 2.52. The van der Waals surface area contributed by atoms with Crippen LogP contribution in [0.2, 0.25) is 0 Å². The molecule has 0 heterocycles. The second-order valence-corrected chi connectivity index (χ2v) is 20.4. The van der Waals surface area contributed by atoms with Crippen molar-refractivity contribution in [3.05, 3.63) is 269 Å². The predicted molar refractivity (Wildman–Crippen MR) is 283 cm³/mol. The highest BCUT2D eigenvalue weighted by molar-refractivity contribution is 6.01. The molecule has 322 valence electrons. The Labute approximate surface area is 399 Å². The van der Waals surface area contributed by atoms with Crippen molar-refractivity contribution in [2.24, 2.45) is 0 Å². The molecule has 68 heavy (non-hydrogen) atoms. The number of anilines is 3. The summed E-state index contributed by atoms with van der Waals surface area (Å²) >= 11 is 0. The van der Waals surface area contributed by atoms with Crippen LogP contribution in [0.3, 0.4) is 0 Å². The molecule has 0 atom stereocenters. The highest BCUT2D eigenvalue weighted by Crippen LogP contribution is 2.65. The SMILES string of the molecule is CC1(C)c2ccccc2-c2ccc(-c3cccc(N(c4cccc(-c5ccc6c(c5)C(C)(C)c5ccccc5-6)c4)c4cccc5c4-c4ccccc4C54c5ccccc5-c5ccccc54)c3)cc21. The minimum absolute atomic E-state index is 0.0903. The zero-order valence-corrected chi connectivity index (χ0v) is 38.8. The Balaban J connectivity index is 0.984. The summed E-state index contributed by atoms with van der Waals surface area (Å²) in [5, 5.41) is 0. The number of fused-ring (bicyclic) bond motifs is 16. The molecule has 10 aromatic carbocycles. The molecule has 0 aliphatic heterocycles. The topological polar surface area (TPSA) is 3.24 Å². The monoisotopic (exact) mass is 867 g/mol. The van der Waals surface area contributed by atoms with E-state index >= 15 is 0 Å². The molecular weight excluding hydrogens is 819 g/mol. The third-order valence-electron chi connectivity index (χ3n) is 16.3. The highest BCUT2D eigenvalue weighted by atomic mass is 15.1. The average Bonchev–Trinajstić information content (AvgIpc) is 4.02. The van der Waals surface area contributed by atoms with E-state index in [9.17, 15) is 0 Å². The number of benzene rings is 10. The summed E-state index contributed by atoms with van der Waals surface area (Å²) in [4.78, 5) is 2.54. The summed E-state index contributed by atoms with van der Waals surface area (Å²) < 4.78 is 0. The number of hydrogen-bond acceptors (Lipinski definition) is 1. The summed E-state index contributed by atoms with van der Waals surface area (Å²) in [6.07, 6.45) is 0. The van der Waals surface area contributed by atoms with Crippen molar-refractivity contribution >= 4 is 17.1 Å². The Kier molecular flexibility index (Phi) is 8.08. The van der Waals surface area contributed by atoms with Gasteiger partial charge in [0.2, 0.25) is 0 Å². The largest absolute Gasteiger partial charge is 0.310 e. The van der Waals surface area contributed by atoms with Crippen molar-refractivity contribution in [3.63, 3.8) is 0 Å². The van der Waals surface area contributed by atoms with Crippen LogP contribution in [-0.2, 0) is 16.2 Å². The van der Waals surface area contributed by atoms with Crippen LogP contribution in [0, 0.1) is 0 Å². The summed E-state index contributed by atoms with van der Waals surface area (Å²) in [6, 6.07) is 85.0. The van der Waals surface area contributed by atoms with Crippen molar-refractivity contribution in [1.29, 1.82) is 0 Å². The molecule has 0 unspecified atom stereocenters. The second-order valence-electron chi connectivity index (χ2n) is 20.4. The van der Waals surface area contributed by atoms with E-state index in [2.05, 4.69) is 257 Å². The molecule has 14 rings (SSSR count). The van der Waals surface area contributed by atoms with E-state index in [1.807, 2.05) is 0 Å². The number of nitrogens with zero attached hydrogens (tertiary/aromatic N) is 1. The van der Waals surface area contributed by atoms with E-state index < -0.39 is 5.41 Å². The van der Waals surface area contributed by atoms with Crippen molar-refractivity contribution in [2.45, 2.75) is 43.9 Å². The first-order valence-corrected chi connectivity index (χ1v) is 24.2. The zero-order valence-electron chi connectivity index (χ0n) is 38.8. The van der Waals surface area contributed by atoms with Crippen LogP contribution in [0.4, 0.5) is 17.1 Å². The molecule has 0 saturated carbocycles. The fourth-order valence-corrected chi connectivity index (χ4v) is 13.2. The van der Waals surface area contributed by atoms with Gasteiger partial charge in [0.15, 0.2) is 0 Å². The standard InChI is InChI=1S/C67H49N/c1-65(2)55-27-10-5-22-48(55)52-36-34-44(40-61(52)65)42-18-15-20-46(38-42)68(47-21-16-19-43(39-47)45-35-37-53-49-23-6-11-28-56(49)66(3,4)62(53)41-45)63-33-17-32-60-64(63)54-26-9-14-31-59(54)67(60)57-29-12-7-24-50(57)51-25-8-13-30-58(51)67/h5-41H,1-4H3. The van der Waals surface area contributed by atoms with Gasteiger partial charge in [-0.15, -0.1) is 0 Å². The number of hydrogen-bond donors (Lipinski definition) is 0. The van der Waals surface area contributed by atoms with Gasteiger partial charge in [0.05, 0.1) is 11.1 Å². The van der Waals surface area contributed by atoms with Gasteiger partial charge >= 0.3 is 0 Å². The van der Waals surface area contributed by atoms with Crippen LogP contribution >= 0.6 is 0 Å². The van der Waals surface area contributed by atoms with Crippen molar-refractivity contribution in [1.82, 2.24) is 0 Å². The molecule has 10 aromatic rings. The molecule has 0 radical (unpaired) electrons. The van der Waals surface area contributed by atoms with E-state index in [-0.39, 0.29) is 10.8 Å². The van der Waals surface area contributed by atoms with Crippen LogP contribution in [0.1, 0.15) is 72.2 Å². The lowest BCUT2D eigenvalue weighted by Crippen LogP contribution is -2.26. The van der Waals surface area contributed by atoms with Gasteiger partial charge in [0.25, 0.3) is 0 Å². The lowest BCUT2D eigenvalue weighted by atomic mass is 9.70. The molecule has 4 aliphatic carbocycles. The maximum atomic E-state index is 2.54. The van der Waals surface area contributed by atoms with E-state index in [0.717, 1.165) is 11.4 Å². The van der Waals surface area contributed by atoms with Crippen LogP contribution in [0.15, 0.2) is 224 Å². The Morgan fingerprint density at radius 3 is 1.10 bits per heavy atom. The average molecular weight is 868 g/mol. The van der Waals surface area contributed by atoms with Gasteiger partial charge in [-0.3, -0.25) is 0 Å². The third-order valence-corrected chi connectivity index (χ3v) is 16.3. The number of rotatable bonds is 5. The minimum Gasteiger partial charge on any atom is -0.310 e. The van der Waals surface area contributed by atoms with Gasteiger partial charge in [-0.05, 0) is 148 Å². The zero-order chi connectivity index (χ0) is 45.5. The molecule has 1 heteroatoms. The maximum Gasteiger partial charge on any atom is 0.0726 e. The molecule has 1 nitrogen and oxygen atoms in total. The van der Waals surface area contributed by atoms with Crippen LogP contribution in [0.5, 0.6) is 0 Å². The van der Waals surface area contributed by atoms with Crippen molar-refractivity contribution in [3.8, 4) is 66.8 Å². The van der Waals surface area contributed by atoms with Gasteiger partial charge in [-0.25, -0.2) is 0 Å². The fourth-order valence-electron chi connectivity index (χ4n) is 13.2. The smallest absolute Gasteiger partial charge is 0.0726 e. The first-order chi connectivity index (χ1) is 33.2. The van der Waals surface area contributed by atoms with Gasteiger partial charge in [-0.1, -0.05) is 210 Å². The van der Waals surface area contributed by atoms with Gasteiger partial charge in [-0.2, -0.15) is 0 Å². The van der Waals surface area contributed by atoms with Crippen molar-refractivity contribution < 1.29 is 0 Å². The van der Waals surface area contributed by atoms with Crippen LogP contribution < -0.4 is 4.90 Å². The summed E-state index contributed by atoms with van der Waals surface area (Å²) in [7, 11) is 0. The Bertz CT molecular complexity index is 3570. The van der Waals surface area contributed by atoms with Crippen LogP contribution in [-0.4, -0.2) is 0 Å². The van der Waals surface area contributed by atoms with E-state index in [1.165, 1.54) is 117 Å². The molecule has 0 saturated heterocycles. The Hall–Kier alpha value is -8.00. The fraction of sp³-hybridized carbons (Fsp3) is 0.104. The Morgan fingerprint density at radius 1 is 0.265 bits per heavy atom. The third kappa shape index (κ3) is 5.17.